The van der Waals surface area contributed by atoms with Gasteiger partial charge in [0.25, 0.3) is 5.91 Å². The van der Waals surface area contributed by atoms with Crippen LogP contribution in [0.4, 0.5) is 0 Å². The van der Waals surface area contributed by atoms with E-state index in [-0.39, 0.29) is 11.9 Å². The molecule has 3 saturated heterocycles. The lowest BCUT2D eigenvalue weighted by Gasteiger charge is -2.36. The van der Waals surface area contributed by atoms with Crippen LogP contribution in [0.25, 0.3) is 0 Å². The van der Waals surface area contributed by atoms with Crippen molar-refractivity contribution in [3.05, 3.63) is 52.3 Å². The molecule has 1 aliphatic carbocycles. The maximum Gasteiger partial charge on any atom is 0.273 e. The van der Waals surface area contributed by atoms with Crippen LogP contribution in [0.2, 0.25) is 5.02 Å². The number of amides is 1. The zero-order valence-electron chi connectivity index (χ0n) is 15.6. The molecule has 2 aromatic rings. The molecule has 3 fully saturated rings. The van der Waals surface area contributed by atoms with Crippen molar-refractivity contribution in [2.45, 2.75) is 37.8 Å². The monoisotopic (exact) mass is 384 g/mol. The van der Waals surface area contributed by atoms with Crippen molar-refractivity contribution >= 4 is 17.5 Å². The van der Waals surface area contributed by atoms with Gasteiger partial charge in [0.2, 0.25) is 0 Å². The lowest BCUT2D eigenvalue weighted by Crippen LogP contribution is -2.48. The Labute approximate surface area is 164 Å². The quantitative estimate of drug-likeness (QED) is 0.799. The summed E-state index contributed by atoms with van der Waals surface area (Å²) in [6.07, 6.45) is 6.13. The molecule has 6 rings (SSSR count). The van der Waals surface area contributed by atoms with Crippen LogP contribution >= 0.6 is 11.6 Å². The molecule has 2 atom stereocenters. The molecule has 1 aromatic carbocycles. The van der Waals surface area contributed by atoms with E-state index in [9.17, 15) is 4.79 Å². The van der Waals surface area contributed by atoms with E-state index in [1.807, 2.05) is 0 Å². The fourth-order valence-corrected chi connectivity index (χ4v) is 5.49. The van der Waals surface area contributed by atoms with E-state index in [1.54, 1.807) is 17.9 Å². The Bertz CT molecular complexity index is 834. The van der Waals surface area contributed by atoms with Crippen LogP contribution in [0.15, 0.2) is 30.5 Å². The molecular formula is C21H25ClN4O. The van der Waals surface area contributed by atoms with Gasteiger partial charge in [-0.3, -0.25) is 14.4 Å². The number of aromatic nitrogens is 2. The lowest BCUT2D eigenvalue weighted by molar-refractivity contribution is 0.0570. The predicted octanol–water partition coefficient (Wildman–Crippen LogP) is 2.78. The predicted molar refractivity (Wildman–Crippen MR) is 105 cm³/mol. The molecule has 1 aromatic heterocycles. The summed E-state index contributed by atoms with van der Waals surface area (Å²) in [7, 11) is 1.79. The van der Waals surface area contributed by atoms with Crippen molar-refractivity contribution in [2.24, 2.45) is 13.0 Å². The minimum absolute atomic E-state index is 0.0336. The minimum Gasteiger partial charge on any atom is -0.333 e. The van der Waals surface area contributed by atoms with E-state index in [0.29, 0.717) is 22.7 Å². The molecule has 2 bridgehead atoms. The summed E-state index contributed by atoms with van der Waals surface area (Å²) in [6, 6.07) is 9.66. The minimum atomic E-state index is 0.0336. The maximum atomic E-state index is 13.2. The second-order valence-corrected chi connectivity index (χ2v) is 8.71. The number of aryl methyl sites for hydroxylation is 1. The summed E-state index contributed by atoms with van der Waals surface area (Å²) >= 11 is 6.24. The Morgan fingerprint density at radius 3 is 2.48 bits per heavy atom. The van der Waals surface area contributed by atoms with Crippen molar-refractivity contribution in [1.82, 2.24) is 19.6 Å². The SMILES string of the molecule is Cn1ncc(Cl)c1C(=O)N1C[C@H]2CC[C@@H]1CN(C1Cc3ccccc3C1)C2. The summed E-state index contributed by atoms with van der Waals surface area (Å²) in [5.74, 6) is 0.578. The van der Waals surface area contributed by atoms with Gasteiger partial charge in [0, 0.05) is 38.8 Å². The molecule has 6 heteroatoms. The Morgan fingerprint density at radius 1 is 1.07 bits per heavy atom. The Kier molecular flexibility index (Phi) is 4.25. The van der Waals surface area contributed by atoms with Gasteiger partial charge >= 0.3 is 0 Å². The third-order valence-electron chi connectivity index (χ3n) is 6.65. The molecule has 1 amide bonds. The first-order chi connectivity index (χ1) is 13.1. The molecule has 5 nitrogen and oxygen atoms in total. The van der Waals surface area contributed by atoms with Gasteiger partial charge in [-0.05, 0) is 42.7 Å². The molecule has 0 saturated carbocycles. The van der Waals surface area contributed by atoms with Gasteiger partial charge in [-0.15, -0.1) is 0 Å². The number of halogens is 1. The molecule has 4 heterocycles. The van der Waals surface area contributed by atoms with Crippen molar-refractivity contribution in [3.8, 4) is 0 Å². The van der Waals surface area contributed by atoms with Gasteiger partial charge in [-0.25, -0.2) is 0 Å². The van der Waals surface area contributed by atoms with Crippen molar-refractivity contribution in [3.63, 3.8) is 0 Å². The Hall–Kier alpha value is -1.85. The number of carbonyl (C=O) groups is 1. The van der Waals surface area contributed by atoms with Crippen LogP contribution in [-0.2, 0) is 19.9 Å². The first-order valence-corrected chi connectivity index (χ1v) is 10.3. The Morgan fingerprint density at radius 2 is 1.81 bits per heavy atom. The molecule has 0 spiro atoms. The summed E-state index contributed by atoms with van der Waals surface area (Å²) in [4.78, 5) is 17.9. The van der Waals surface area contributed by atoms with Gasteiger partial charge in [-0.2, -0.15) is 5.10 Å². The number of benzene rings is 1. The highest BCUT2D eigenvalue weighted by atomic mass is 35.5. The van der Waals surface area contributed by atoms with Crippen molar-refractivity contribution in [2.75, 3.05) is 19.6 Å². The molecule has 0 N–H and O–H groups in total. The fourth-order valence-electron chi connectivity index (χ4n) is 5.25. The maximum absolute atomic E-state index is 13.2. The number of nitrogens with zero attached hydrogens (tertiary/aromatic N) is 4. The Balaban J connectivity index is 1.36. The normalized spacial score (nSPS) is 25.6. The fraction of sp³-hybridized carbons (Fsp3) is 0.524. The summed E-state index contributed by atoms with van der Waals surface area (Å²) < 4.78 is 1.61. The van der Waals surface area contributed by atoms with E-state index in [0.717, 1.165) is 38.9 Å². The number of fused-ring (bicyclic) bond motifs is 5. The van der Waals surface area contributed by atoms with Gasteiger partial charge in [-0.1, -0.05) is 35.9 Å². The molecule has 27 heavy (non-hydrogen) atoms. The lowest BCUT2D eigenvalue weighted by atomic mass is 9.94. The van der Waals surface area contributed by atoms with Crippen LogP contribution < -0.4 is 0 Å². The van der Waals surface area contributed by atoms with Crippen LogP contribution in [0.1, 0.15) is 34.5 Å². The molecule has 3 aliphatic heterocycles. The van der Waals surface area contributed by atoms with Crippen LogP contribution in [0.5, 0.6) is 0 Å². The summed E-state index contributed by atoms with van der Waals surface area (Å²) in [5, 5.41) is 4.60. The first kappa shape index (κ1) is 17.3. The third-order valence-corrected chi connectivity index (χ3v) is 6.92. The second-order valence-electron chi connectivity index (χ2n) is 8.30. The third kappa shape index (κ3) is 2.97. The highest BCUT2D eigenvalue weighted by Crippen LogP contribution is 2.34. The topological polar surface area (TPSA) is 41.4 Å². The first-order valence-electron chi connectivity index (χ1n) is 9.89. The van der Waals surface area contributed by atoms with E-state index < -0.39 is 0 Å². The highest BCUT2D eigenvalue weighted by molar-refractivity contribution is 6.33. The number of hydrogen-bond donors (Lipinski definition) is 0. The van der Waals surface area contributed by atoms with E-state index in [4.69, 9.17) is 11.6 Å². The number of rotatable bonds is 2. The molecule has 4 aliphatic rings. The van der Waals surface area contributed by atoms with Gasteiger partial charge in [0.1, 0.15) is 5.69 Å². The molecule has 0 radical (unpaired) electrons. The largest absolute Gasteiger partial charge is 0.333 e. The summed E-state index contributed by atoms with van der Waals surface area (Å²) in [6.45, 7) is 2.90. The van der Waals surface area contributed by atoms with Crippen LogP contribution in [0.3, 0.4) is 0 Å². The van der Waals surface area contributed by atoms with Crippen LogP contribution in [0, 0.1) is 5.92 Å². The molecule has 0 unspecified atom stereocenters. The second kappa shape index (κ2) is 6.64. The zero-order chi connectivity index (χ0) is 18.5. The average molecular weight is 385 g/mol. The zero-order valence-corrected chi connectivity index (χ0v) is 16.4. The highest BCUT2D eigenvalue weighted by Gasteiger charge is 2.41. The average Bonchev–Trinajstić information content (AvgIpc) is 3.11. The standard InChI is InChI=1S/C21H25ClN4O/c1-24-20(19(22)10-23-24)21(27)26-12-14-6-7-17(26)13-25(11-14)18-8-15-4-2-3-5-16(15)9-18/h2-5,10,14,17-18H,6-9,11-13H2,1H3/t14-,17+/m0/s1. The summed E-state index contributed by atoms with van der Waals surface area (Å²) in [5.41, 5.74) is 3.51. The number of hydrogen-bond acceptors (Lipinski definition) is 3. The number of carbonyl (C=O) groups excluding carboxylic acids is 1. The van der Waals surface area contributed by atoms with Crippen molar-refractivity contribution < 1.29 is 4.79 Å². The smallest absolute Gasteiger partial charge is 0.273 e. The van der Waals surface area contributed by atoms with Gasteiger partial charge < -0.3 is 4.90 Å². The molecule has 142 valence electrons. The van der Waals surface area contributed by atoms with Gasteiger partial charge in [0.05, 0.1) is 11.2 Å². The van der Waals surface area contributed by atoms with E-state index in [1.165, 1.54) is 17.5 Å². The van der Waals surface area contributed by atoms with E-state index in [2.05, 4.69) is 39.2 Å². The molecular weight excluding hydrogens is 360 g/mol. The van der Waals surface area contributed by atoms with E-state index >= 15 is 0 Å². The number of piperidine rings is 1. The van der Waals surface area contributed by atoms with Crippen molar-refractivity contribution in [1.29, 1.82) is 0 Å². The van der Waals surface area contributed by atoms with Crippen LogP contribution in [-0.4, -0.2) is 57.2 Å². The van der Waals surface area contributed by atoms with Gasteiger partial charge in [0.15, 0.2) is 0 Å².